The van der Waals surface area contributed by atoms with Gasteiger partial charge in [-0.1, -0.05) is 12.1 Å². The van der Waals surface area contributed by atoms with Gasteiger partial charge in [0.2, 0.25) is 0 Å². The van der Waals surface area contributed by atoms with E-state index in [-0.39, 0.29) is 0 Å². The largest absolute Gasteiger partial charge is 0.492 e. The molecule has 0 unspecified atom stereocenters. The van der Waals surface area contributed by atoms with Crippen molar-refractivity contribution < 1.29 is 4.74 Å². The highest BCUT2D eigenvalue weighted by atomic mass is 16.5. The highest BCUT2D eigenvalue weighted by Crippen LogP contribution is 2.21. The lowest BCUT2D eigenvalue weighted by Crippen LogP contribution is -2.16. The lowest BCUT2D eigenvalue weighted by Gasteiger charge is -2.12. The minimum absolute atomic E-state index is 0.633. The molecule has 4 heteroatoms. The summed E-state index contributed by atoms with van der Waals surface area (Å²) in [5.41, 5.74) is 6.07. The molecule has 0 aliphatic heterocycles. The molecule has 1 aromatic heterocycles. The number of nitrogens with zero attached hydrogens (tertiary/aromatic N) is 2. The van der Waals surface area contributed by atoms with Crippen LogP contribution in [0.2, 0.25) is 0 Å². The van der Waals surface area contributed by atoms with Gasteiger partial charge in [-0.05, 0) is 68.8 Å². The number of hydrogen-bond donors (Lipinski definition) is 1. The molecule has 1 heterocycles. The van der Waals surface area contributed by atoms with E-state index in [0.29, 0.717) is 6.61 Å². The van der Waals surface area contributed by atoms with E-state index in [1.807, 2.05) is 19.2 Å². The van der Waals surface area contributed by atoms with E-state index in [2.05, 4.69) is 54.9 Å². The number of rotatable bonds is 7. The summed E-state index contributed by atoms with van der Waals surface area (Å²) in [5, 5.41) is 3.21. The fourth-order valence-corrected chi connectivity index (χ4v) is 3.07. The first-order chi connectivity index (χ1) is 12.1. The maximum atomic E-state index is 5.96. The van der Waals surface area contributed by atoms with E-state index in [1.165, 1.54) is 22.2 Å². The topological polar surface area (TPSA) is 39.1 Å². The Balaban J connectivity index is 1.83. The maximum Gasteiger partial charge on any atom is 0.119 e. The van der Waals surface area contributed by atoms with Crippen molar-refractivity contribution in [3.63, 3.8) is 0 Å². The maximum absolute atomic E-state index is 5.96. The molecule has 0 saturated heterocycles. The van der Waals surface area contributed by atoms with Gasteiger partial charge in [-0.15, -0.1) is 0 Å². The van der Waals surface area contributed by atoms with Crippen molar-refractivity contribution >= 4 is 11.0 Å². The van der Waals surface area contributed by atoms with Crippen LogP contribution in [0.15, 0.2) is 36.4 Å². The second kappa shape index (κ2) is 7.70. The molecule has 1 N–H and O–H groups in total. The van der Waals surface area contributed by atoms with Gasteiger partial charge in [0.05, 0.1) is 17.6 Å². The summed E-state index contributed by atoms with van der Waals surface area (Å²) < 4.78 is 8.26. The van der Waals surface area contributed by atoms with Crippen LogP contribution in [0.1, 0.15) is 22.5 Å². The molecule has 132 valence electrons. The van der Waals surface area contributed by atoms with Gasteiger partial charge in [0.1, 0.15) is 18.2 Å². The van der Waals surface area contributed by atoms with Crippen molar-refractivity contribution in [3.05, 3.63) is 58.9 Å². The third-order valence-electron chi connectivity index (χ3n) is 4.61. The Hall–Kier alpha value is -2.33. The second-order valence-corrected chi connectivity index (χ2v) is 6.62. The molecule has 0 aliphatic rings. The van der Waals surface area contributed by atoms with E-state index in [1.54, 1.807) is 0 Å². The zero-order valence-corrected chi connectivity index (χ0v) is 15.6. The Morgan fingerprint density at radius 1 is 1.08 bits per heavy atom. The van der Waals surface area contributed by atoms with Crippen LogP contribution in [0, 0.1) is 20.8 Å². The number of likely N-dealkylation sites (N-methyl/N-ethyl adjacent to an activating group) is 1. The molecule has 0 saturated carbocycles. The molecule has 0 fully saturated rings. The van der Waals surface area contributed by atoms with Crippen LogP contribution < -0.4 is 10.1 Å². The number of imidazole rings is 1. The van der Waals surface area contributed by atoms with Crippen LogP contribution in [-0.4, -0.2) is 29.8 Å². The molecule has 25 heavy (non-hydrogen) atoms. The molecule has 0 amide bonds. The normalized spacial score (nSPS) is 11.2. The lowest BCUT2D eigenvalue weighted by molar-refractivity contribution is 0.298. The Labute approximate surface area is 149 Å². The third kappa shape index (κ3) is 4.02. The number of hydrogen-bond acceptors (Lipinski definition) is 3. The lowest BCUT2D eigenvalue weighted by atomic mass is 10.1. The van der Waals surface area contributed by atoms with Crippen LogP contribution in [0.3, 0.4) is 0 Å². The highest BCUT2D eigenvalue weighted by molar-refractivity contribution is 5.78. The van der Waals surface area contributed by atoms with Gasteiger partial charge in [-0.25, -0.2) is 4.98 Å². The minimum atomic E-state index is 0.633. The fourth-order valence-electron chi connectivity index (χ4n) is 3.07. The molecule has 3 aromatic rings. The number of benzene rings is 2. The molecule has 0 spiro atoms. The summed E-state index contributed by atoms with van der Waals surface area (Å²) >= 11 is 0. The van der Waals surface area contributed by atoms with Crippen LogP contribution in [-0.2, 0) is 13.0 Å². The molecule has 0 aliphatic carbocycles. The molecule has 3 rings (SSSR count). The number of fused-ring (bicyclic) bond motifs is 1. The molecule has 0 radical (unpaired) electrons. The Kier molecular flexibility index (Phi) is 5.39. The first-order valence-corrected chi connectivity index (χ1v) is 8.89. The number of ether oxygens (including phenoxy) is 1. The summed E-state index contributed by atoms with van der Waals surface area (Å²) in [6.45, 7) is 8.72. The quantitative estimate of drug-likeness (QED) is 0.713. The van der Waals surface area contributed by atoms with Gasteiger partial charge < -0.3 is 14.6 Å². The first kappa shape index (κ1) is 17.5. The SMILES string of the molecule is CNCCc1nc2cc(C)c(C)cc2n1CCOc1cccc(C)c1. The van der Waals surface area contributed by atoms with Gasteiger partial charge in [0.25, 0.3) is 0 Å². The summed E-state index contributed by atoms with van der Waals surface area (Å²) in [6.07, 6.45) is 0.910. The van der Waals surface area contributed by atoms with Crippen molar-refractivity contribution in [1.29, 1.82) is 0 Å². The summed E-state index contributed by atoms with van der Waals surface area (Å²) in [5.74, 6) is 2.04. The van der Waals surface area contributed by atoms with Gasteiger partial charge in [0.15, 0.2) is 0 Å². The predicted molar refractivity (Wildman–Crippen MR) is 104 cm³/mol. The van der Waals surface area contributed by atoms with E-state index in [9.17, 15) is 0 Å². The van der Waals surface area contributed by atoms with Crippen molar-refractivity contribution in [3.8, 4) is 5.75 Å². The number of aryl methyl sites for hydroxylation is 3. The Bertz CT molecular complexity index is 867. The molecule has 0 bridgehead atoms. The third-order valence-corrected chi connectivity index (χ3v) is 4.61. The van der Waals surface area contributed by atoms with Gasteiger partial charge in [0, 0.05) is 13.0 Å². The standard InChI is InChI=1S/C21H27N3O/c1-15-6-5-7-18(12-15)25-11-10-24-20-14-17(3)16(2)13-19(20)23-21(24)8-9-22-4/h5-7,12-14,22H,8-11H2,1-4H3. The monoisotopic (exact) mass is 337 g/mol. The average molecular weight is 337 g/mol. The van der Waals surface area contributed by atoms with E-state index in [0.717, 1.165) is 36.6 Å². The summed E-state index contributed by atoms with van der Waals surface area (Å²) in [7, 11) is 1.97. The predicted octanol–water partition coefficient (Wildman–Crippen LogP) is 3.80. The smallest absolute Gasteiger partial charge is 0.119 e. The van der Waals surface area contributed by atoms with Crippen molar-refractivity contribution in [1.82, 2.24) is 14.9 Å². The van der Waals surface area contributed by atoms with E-state index >= 15 is 0 Å². The van der Waals surface area contributed by atoms with Crippen molar-refractivity contribution in [2.75, 3.05) is 20.2 Å². The molecule has 4 nitrogen and oxygen atoms in total. The molecular weight excluding hydrogens is 310 g/mol. The number of nitrogens with one attached hydrogen (secondary N) is 1. The van der Waals surface area contributed by atoms with Gasteiger partial charge >= 0.3 is 0 Å². The van der Waals surface area contributed by atoms with Crippen LogP contribution in [0.5, 0.6) is 5.75 Å². The van der Waals surface area contributed by atoms with Crippen LogP contribution >= 0.6 is 0 Å². The van der Waals surface area contributed by atoms with E-state index in [4.69, 9.17) is 9.72 Å². The minimum Gasteiger partial charge on any atom is -0.492 e. The Morgan fingerprint density at radius 2 is 1.88 bits per heavy atom. The average Bonchev–Trinajstić information content (AvgIpc) is 2.90. The van der Waals surface area contributed by atoms with Crippen molar-refractivity contribution in [2.45, 2.75) is 33.7 Å². The zero-order valence-electron chi connectivity index (χ0n) is 15.6. The second-order valence-electron chi connectivity index (χ2n) is 6.62. The van der Waals surface area contributed by atoms with Crippen LogP contribution in [0.25, 0.3) is 11.0 Å². The molecule has 0 atom stereocenters. The molecule has 2 aromatic carbocycles. The number of aromatic nitrogens is 2. The fraction of sp³-hybridized carbons (Fsp3) is 0.381. The van der Waals surface area contributed by atoms with E-state index < -0.39 is 0 Å². The molecular formula is C21H27N3O. The van der Waals surface area contributed by atoms with Crippen molar-refractivity contribution in [2.24, 2.45) is 0 Å². The summed E-state index contributed by atoms with van der Waals surface area (Å²) in [4.78, 5) is 4.86. The van der Waals surface area contributed by atoms with Gasteiger partial charge in [-0.2, -0.15) is 0 Å². The Morgan fingerprint density at radius 3 is 2.64 bits per heavy atom. The van der Waals surface area contributed by atoms with Gasteiger partial charge in [-0.3, -0.25) is 0 Å². The highest BCUT2D eigenvalue weighted by Gasteiger charge is 2.12. The first-order valence-electron chi connectivity index (χ1n) is 8.89. The zero-order chi connectivity index (χ0) is 17.8. The summed E-state index contributed by atoms with van der Waals surface area (Å²) in [6, 6.07) is 12.6. The van der Waals surface area contributed by atoms with Crippen LogP contribution in [0.4, 0.5) is 0 Å².